The van der Waals surface area contributed by atoms with E-state index in [0.717, 1.165) is 30.4 Å². The molecule has 0 radical (unpaired) electrons. The highest BCUT2D eigenvalue weighted by atomic mass is 127. The molecule has 0 aliphatic rings. The number of ether oxygens (including phenoxy) is 1. The number of nitrogens with one attached hydrogen (secondary N) is 2. The number of para-hydroxylation sites is 1. The van der Waals surface area contributed by atoms with Crippen molar-refractivity contribution in [3.05, 3.63) is 29.8 Å². The van der Waals surface area contributed by atoms with Gasteiger partial charge in [0.15, 0.2) is 5.96 Å². The van der Waals surface area contributed by atoms with Gasteiger partial charge in [0.05, 0.1) is 6.61 Å². The second-order valence-electron chi connectivity index (χ2n) is 6.32. The van der Waals surface area contributed by atoms with Crippen molar-refractivity contribution < 1.29 is 4.74 Å². The summed E-state index contributed by atoms with van der Waals surface area (Å²) in [5.41, 5.74) is 1.13. The van der Waals surface area contributed by atoms with Crippen molar-refractivity contribution in [2.24, 2.45) is 4.99 Å². The average molecular weight is 462 g/mol. The van der Waals surface area contributed by atoms with E-state index in [1.165, 1.54) is 0 Å². The van der Waals surface area contributed by atoms with Crippen molar-refractivity contribution in [3.8, 4) is 5.75 Å². The normalized spacial score (nSPS) is 11.6. The third-order valence-corrected chi connectivity index (χ3v) is 3.93. The predicted octanol–water partition coefficient (Wildman–Crippen LogP) is 3.49. The number of aliphatic imine (C=N–C) groups is 1. The lowest BCUT2D eigenvalue weighted by Gasteiger charge is -2.30. The number of hydrogen-bond donors (Lipinski definition) is 2. The molecule has 0 spiro atoms. The largest absolute Gasteiger partial charge is 0.494 e. The van der Waals surface area contributed by atoms with E-state index in [4.69, 9.17) is 4.74 Å². The Morgan fingerprint density at radius 1 is 1.12 bits per heavy atom. The number of guanidine groups is 1. The number of benzene rings is 1. The first-order chi connectivity index (χ1) is 11.5. The molecule has 0 unspecified atom stereocenters. The molecule has 6 heteroatoms. The van der Waals surface area contributed by atoms with E-state index in [1.807, 2.05) is 25.1 Å². The van der Waals surface area contributed by atoms with Gasteiger partial charge in [-0.3, -0.25) is 9.89 Å². The molecule has 25 heavy (non-hydrogen) atoms. The molecule has 0 fully saturated rings. The van der Waals surface area contributed by atoms with Gasteiger partial charge in [-0.15, -0.1) is 24.0 Å². The Hall–Kier alpha value is -1.02. The van der Waals surface area contributed by atoms with E-state index in [9.17, 15) is 0 Å². The van der Waals surface area contributed by atoms with Crippen LogP contribution in [-0.2, 0) is 6.54 Å². The van der Waals surface area contributed by atoms with E-state index >= 15 is 0 Å². The van der Waals surface area contributed by atoms with Crippen LogP contribution < -0.4 is 15.4 Å². The van der Waals surface area contributed by atoms with Gasteiger partial charge >= 0.3 is 0 Å². The molecular formula is C19H35IN4O. The van der Waals surface area contributed by atoms with E-state index in [-0.39, 0.29) is 24.0 Å². The maximum atomic E-state index is 5.66. The highest BCUT2D eigenvalue weighted by Crippen LogP contribution is 2.17. The molecule has 144 valence electrons. The first-order valence-corrected chi connectivity index (χ1v) is 8.90. The van der Waals surface area contributed by atoms with Crippen LogP contribution in [0.4, 0.5) is 0 Å². The van der Waals surface area contributed by atoms with Crippen molar-refractivity contribution in [2.45, 2.75) is 53.2 Å². The monoisotopic (exact) mass is 462 g/mol. The molecule has 0 aliphatic heterocycles. The third kappa shape index (κ3) is 8.76. The summed E-state index contributed by atoms with van der Waals surface area (Å²) in [5, 5.41) is 6.74. The minimum Gasteiger partial charge on any atom is -0.494 e. The Labute approximate surface area is 170 Å². The molecule has 0 heterocycles. The van der Waals surface area contributed by atoms with Crippen LogP contribution in [0.5, 0.6) is 5.75 Å². The highest BCUT2D eigenvalue weighted by molar-refractivity contribution is 14.0. The Morgan fingerprint density at radius 2 is 1.76 bits per heavy atom. The van der Waals surface area contributed by atoms with Gasteiger partial charge in [0.1, 0.15) is 5.75 Å². The first kappa shape index (κ1) is 24.0. The van der Waals surface area contributed by atoms with E-state index in [2.05, 4.69) is 54.3 Å². The third-order valence-electron chi connectivity index (χ3n) is 3.93. The van der Waals surface area contributed by atoms with Gasteiger partial charge in [-0.1, -0.05) is 18.2 Å². The van der Waals surface area contributed by atoms with Crippen LogP contribution in [0.25, 0.3) is 0 Å². The van der Waals surface area contributed by atoms with Gasteiger partial charge < -0.3 is 15.4 Å². The molecule has 2 N–H and O–H groups in total. The van der Waals surface area contributed by atoms with Crippen LogP contribution in [0.15, 0.2) is 29.3 Å². The van der Waals surface area contributed by atoms with Crippen LogP contribution in [0.1, 0.15) is 40.2 Å². The standard InChI is InChI=1S/C19H34N4O.HI/c1-7-24-18-11-9-8-10-17(18)14-22-19(20-6)21-12-13-23(15(2)3)16(4)5;/h8-11,15-16H,7,12-14H2,1-6H3,(H2,20,21,22);1H. The summed E-state index contributed by atoms with van der Waals surface area (Å²) < 4.78 is 5.66. The van der Waals surface area contributed by atoms with Crippen molar-refractivity contribution in [1.82, 2.24) is 15.5 Å². The van der Waals surface area contributed by atoms with E-state index in [0.29, 0.717) is 25.2 Å². The second kappa shape index (κ2) is 13.2. The highest BCUT2D eigenvalue weighted by Gasteiger charge is 2.12. The molecule has 0 bridgehead atoms. The van der Waals surface area contributed by atoms with Crippen LogP contribution in [-0.4, -0.2) is 49.7 Å². The molecule has 1 aromatic carbocycles. The molecule has 1 rings (SSSR count). The number of nitrogens with zero attached hydrogens (tertiary/aromatic N) is 2. The Balaban J connectivity index is 0.00000576. The molecular weight excluding hydrogens is 427 g/mol. The van der Waals surface area contributed by atoms with Crippen LogP contribution in [0.2, 0.25) is 0 Å². The molecule has 0 aromatic heterocycles. The summed E-state index contributed by atoms with van der Waals surface area (Å²) >= 11 is 0. The fourth-order valence-corrected chi connectivity index (χ4v) is 2.76. The quantitative estimate of drug-likeness (QED) is 0.335. The Morgan fingerprint density at radius 3 is 2.32 bits per heavy atom. The predicted molar refractivity (Wildman–Crippen MR) is 118 cm³/mol. The van der Waals surface area contributed by atoms with Crippen LogP contribution in [0, 0.1) is 0 Å². The maximum Gasteiger partial charge on any atom is 0.191 e. The summed E-state index contributed by atoms with van der Waals surface area (Å²) in [7, 11) is 1.80. The van der Waals surface area contributed by atoms with Crippen molar-refractivity contribution >= 4 is 29.9 Å². The molecule has 0 saturated heterocycles. The second-order valence-corrected chi connectivity index (χ2v) is 6.32. The smallest absolute Gasteiger partial charge is 0.191 e. The van der Waals surface area contributed by atoms with Gasteiger partial charge in [-0.2, -0.15) is 0 Å². The minimum atomic E-state index is 0. The van der Waals surface area contributed by atoms with Crippen molar-refractivity contribution in [2.75, 3.05) is 26.7 Å². The summed E-state index contributed by atoms with van der Waals surface area (Å²) in [6.45, 7) is 14.2. The molecule has 0 aliphatic carbocycles. The zero-order valence-corrected chi connectivity index (χ0v) is 18.8. The zero-order valence-electron chi connectivity index (χ0n) is 16.5. The summed E-state index contributed by atoms with van der Waals surface area (Å²) in [6, 6.07) is 9.18. The molecule has 5 nitrogen and oxygen atoms in total. The number of halogens is 1. The topological polar surface area (TPSA) is 48.9 Å². The van der Waals surface area contributed by atoms with Gasteiger partial charge in [0.2, 0.25) is 0 Å². The van der Waals surface area contributed by atoms with Gasteiger partial charge in [-0.05, 0) is 40.7 Å². The summed E-state index contributed by atoms with van der Waals surface area (Å²) in [6.07, 6.45) is 0. The average Bonchev–Trinajstić information content (AvgIpc) is 2.55. The SMILES string of the molecule is CCOc1ccccc1CNC(=NC)NCCN(C(C)C)C(C)C.I. The fourth-order valence-electron chi connectivity index (χ4n) is 2.76. The van der Waals surface area contributed by atoms with E-state index < -0.39 is 0 Å². The Bertz CT molecular complexity index is 498. The van der Waals surface area contributed by atoms with Gasteiger partial charge in [-0.25, -0.2) is 0 Å². The number of rotatable bonds is 9. The van der Waals surface area contributed by atoms with E-state index in [1.54, 1.807) is 7.05 Å². The lowest BCUT2D eigenvalue weighted by molar-refractivity contribution is 0.178. The fraction of sp³-hybridized carbons (Fsp3) is 0.632. The summed E-state index contributed by atoms with van der Waals surface area (Å²) in [5.74, 6) is 1.74. The van der Waals surface area contributed by atoms with Crippen molar-refractivity contribution in [1.29, 1.82) is 0 Å². The maximum absolute atomic E-state index is 5.66. The van der Waals surface area contributed by atoms with Crippen LogP contribution >= 0.6 is 24.0 Å². The Kier molecular flexibility index (Phi) is 12.7. The summed E-state index contributed by atoms with van der Waals surface area (Å²) in [4.78, 5) is 6.76. The van der Waals surface area contributed by atoms with Crippen molar-refractivity contribution in [3.63, 3.8) is 0 Å². The number of hydrogen-bond acceptors (Lipinski definition) is 3. The zero-order chi connectivity index (χ0) is 17.9. The van der Waals surface area contributed by atoms with Crippen LogP contribution in [0.3, 0.4) is 0 Å². The molecule has 0 amide bonds. The first-order valence-electron chi connectivity index (χ1n) is 8.90. The molecule has 0 atom stereocenters. The van der Waals surface area contributed by atoms with Gasteiger partial charge in [0.25, 0.3) is 0 Å². The lowest BCUT2D eigenvalue weighted by atomic mass is 10.2. The molecule has 0 saturated carbocycles. The lowest BCUT2D eigenvalue weighted by Crippen LogP contribution is -2.45. The van der Waals surface area contributed by atoms with Gasteiger partial charge in [0, 0.05) is 44.3 Å². The molecule has 1 aromatic rings. The minimum absolute atomic E-state index is 0.